The van der Waals surface area contributed by atoms with Crippen LogP contribution in [0.2, 0.25) is 0 Å². The maximum atomic E-state index is 13.4. The highest BCUT2D eigenvalue weighted by Crippen LogP contribution is 2.26. The first-order valence-electron chi connectivity index (χ1n) is 6.95. The van der Waals surface area contributed by atoms with Crippen LogP contribution in [0.15, 0.2) is 46.1 Å². The van der Waals surface area contributed by atoms with Gasteiger partial charge in [0.2, 0.25) is 5.82 Å². The topological polar surface area (TPSA) is 90.4 Å². The summed E-state index contributed by atoms with van der Waals surface area (Å²) in [5.41, 5.74) is -1.58. The van der Waals surface area contributed by atoms with Crippen LogP contribution in [-0.2, 0) is 9.47 Å². The number of rotatable bonds is 3. The molecule has 0 bridgehead atoms. The lowest BCUT2D eigenvalue weighted by Crippen LogP contribution is -2.37. The van der Waals surface area contributed by atoms with Gasteiger partial charge >= 0.3 is 11.7 Å². The van der Waals surface area contributed by atoms with Gasteiger partial charge in [-0.15, -0.1) is 0 Å². The van der Waals surface area contributed by atoms with E-state index in [0.717, 1.165) is 10.8 Å². The minimum Gasteiger partial charge on any atom is -0.454 e. The molecule has 8 heteroatoms. The van der Waals surface area contributed by atoms with Crippen molar-refractivity contribution in [1.29, 1.82) is 0 Å². The van der Waals surface area contributed by atoms with E-state index in [2.05, 4.69) is 0 Å². The van der Waals surface area contributed by atoms with E-state index in [0.29, 0.717) is 12.0 Å². The Morgan fingerprint density at radius 1 is 1.30 bits per heavy atom. The quantitative estimate of drug-likeness (QED) is 0.846. The Labute approximate surface area is 129 Å². The molecule has 0 radical (unpaired) electrons. The number of aromatic nitrogens is 2. The first-order chi connectivity index (χ1) is 11.1. The minimum absolute atomic E-state index is 0.241. The second kappa shape index (κ2) is 6.17. The molecule has 3 rings (SSSR count). The molecule has 1 N–H and O–H groups in total. The SMILES string of the molecule is O=C(O[C@H]1CCO[C@H]1n1cc(F)c(=O)[nH]c1=O)c1ccccc1. The highest BCUT2D eigenvalue weighted by atomic mass is 19.1. The molecule has 0 amide bonds. The molecule has 1 aromatic heterocycles. The number of ether oxygens (including phenoxy) is 2. The number of hydrogen-bond donors (Lipinski definition) is 1. The van der Waals surface area contributed by atoms with Crippen molar-refractivity contribution in [3.63, 3.8) is 0 Å². The fourth-order valence-electron chi connectivity index (χ4n) is 2.36. The summed E-state index contributed by atoms with van der Waals surface area (Å²) in [5.74, 6) is -1.68. The van der Waals surface area contributed by atoms with Gasteiger partial charge in [-0.1, -0.05) is 18.2 Å². The Balaban J connectivity index is 1.84. The fourth-order valence-corrected chi connectivity index (χ4v) is 2.36. The predicted molar refractivity (Wildman–Crippen MR) is 76.5 cm³/mol. The molecular weight excluding hydrogens is 307 g/mol. The van der Waals surface area contributed by atoms with Crippen LogP contribution < -0.4 is 11.2 Å². The number of H-pyrrole nitrogens is 1. The van der Waals surface area contributed by atoms with Gasteiger partial charge in [0, 0.05) is 6.42 Å². The van der Waals surface area contributed by atoms with Crippen molar-refractivity contribution in [2.75, 3.05) is 6.61 Å². The van der Waals surface area contributed by atoms with E-state index in [1.807, 2.05) is 4.98 Å². The highest BCUT2D eigenvalue weighted by molar-refractivity contribution is 5.89. The van der Waals surface area contributed by atoms with E-state index >= 15 is 0 Å². The predicted octanol–water partition coefficient (Wildman–Crippen LogP) is 0.820. The average molecular weight is 320 g/mol. The lowest BCUT2D eigenvalue weighted by molar-refractivity contribution is -0.0325. The molecule has 1 aliphatic rings. The Morgan fingerprint density at radius 3 is 2.78 bits per heavy atom. The lowest BCUT2D eigenvalue weighted by Gasteiger charge is -2.20. The van der Waals surface area contributed by atoms with Crippen molar-refractivity contribution in [3.8, 4) is 0 Å². The summed E-state index contributed by atoms with van der Waals surface area (Å²) in [7, 11) is 0. The van der Waals surface area contributed by atoms with Gasteiger partial charge in [-0.3, -0.25) is 14.3 Å². The standard InChI is InChI=1S/C15H13FN2O5/c16-10-8-18(15(21)17-12(10)19)13-11(6-7-22-13)23-14(20)9-4-2-1-3-5-9/h1-5,8,11,13H,6-7H2,(H,17,19,21)/t11-,13+/m0/s1. The number of carbonyl (C=O) groups is 1. The maximum Gasteiger partial charge on any atom is 0.338 e. The van der Waals surface area contributed by atoms with Crippen LogP contribution in [-0.4, -0.2) is 28.2 Å². The molecule has 1 fully saturated rings. The minimum atomic E-state index is -1.12. The summed E-state index contributed by atoms with van der Waals surface area (Å²) in [5, 5.41) is 0. The van der Waals surface area contributed by atoms with Crippen LogP contribution >= 0.6 is 0 Å². The van der Waals surface area contributed by atoms with Gasteiger partial charge in [0.25, 0.3) is 5.56 Å². The van der Waals surface area contributed by atoms with Crippen molar-refractivity contribution < 1.29 is 18.7 Å². The molecule has 7 nitrogen and oxygen atoms in total. The van der Waals surface area contributed by atoms with Crippen molar-refractivity contribution in [1.82, 2.24) is 9.55 Å². The molecule has 1 aliphatic heterocycles. The summed E-state index contributed by atoms with van der Waals surface area (Å²) in [6, 6.07) is 8.35. The average Bonchev–Trinajstić information content (AvgIpc) is 2.99. The fraction of sp³-hybridized carbons (Fsp3) is 0.267. The first-order valence-corrected chi connectivity index (χ1v) is 6.95. The highest BCUT2D eigenvalue weighted by Gasteiger charge is 2.34. The monoisotopic (exact) mass is 320 g/mol. The van der Waals surface area contributed by atoms with Crippen molar-refractivity contribution in [2.45, 2.75) is 18.8 Å². The Bertz CT molecular complexity index is 830. The Hall–Kier alpha value is -2.74. The molecule has 0 aliphatic carbocycles. The molecule has 120 valence electrons. The largest absolute Gasteiger partial charge is 0.454 e. The number of benzene rings is 1. The van der Waals surface area contributed by atoms with Crippen molar-refractivity contribution in [2.24, 2.45) is 0 Å². The van der Waals surface area contributed by atoms with Crippen molar-refractivity contribution in [3.05, 3.63) is 68.7 Å². The molecule has 1 aromatic carbocycles. The van der Waals surface area contributed by atoms with E-state index in [-0.39, 0.29) is 6.61 Å². The van der Waals surface area contributed by atoms with Crippen LogP contribution in [0.25, 0.3) is 0 Å². The van der Waals surface area contributed by atoms with E-state index in [1.165, 1.54) is 0 Å². The smallest absolute Gasteiger partial charge is 0.338 e. The van der Waals surface area contributed by atoms with Gasteiger partial charge in [0.15, 0.2) is 6.23 Å². The number of aromatic amines is 1. The number of nitrogens with one attached hydrogen (secondary N) is 1. The molecule has 1 saturated heterocycles. The third kappa shape index (κ3) is 3.07. The van der Waals surface area contributed by atoms with Gasteiger partial charge < -0.3 is 9.47 Å². The second-order valence-corrected chi connectivity index (χ2v) is 5.00. The van der Waals surface area contributed by atoms with Crippen LogP contribution in [0.4, 0.5) is 4.39 Å². The molecule has 2 atom stereocenters. The van der Waals surface area contributed by atoms with E-state index < -0.39 is 35.4 Å². The zero-order chi connectivity index (χ0) is 16.4. The maximum absolute atomic E-state index is 13.4. The Kier molecular flexibility index (Phi) is 4.07. The number of carbonyl (C=O) groups excluding carboxylic acids is 1. The number of esters is 1. The number of hydrogen-bond acceptors (Lipinski definition) is 5. The third-order valence-electron chi connectivity index (χ3n) is 3.48. The zero-order valence-electron chi connectivity index (χ0n) is 11.9. The van der Waals surface area contributed by atoms with Crippen LogP contribution in [0.1, 0.15) is 23.0 Å². The van der Waals surface area contributed by atoms with Crippen LogP contribution in [0.3, 0.4) is 0 Å². The third-order valence-corrected chi connectivity index (χ3v) is 3.48. The van der Waals surface area contributed by atoms with Crippen molar-refractivity contribution >= 4 is 5.97 Å². The normalized spacial score (nSPS) is 20.4. The second-order valence-electron chi connectivity index (χ2n) is 5.00. The van der Waals surface area contributed by atoms with Crippen LogP contribution in [0.5, 0.6) is 0 Å². The summed E-state index contributed by atoms with van der Waals surface area (Å²) >= 11 is 0. The number of halogens is 1. The van der Waals surface area contributed by atoms with Gasteiger partial charge in [-0.25, -0.2) is 9.59 Å². The number of nitrogens with zero attached hydrogens (tertiary/aromatic N) is 1. The summed E-state index contributed by atoms with van der Waals surface area (Å²) < 4.78 is 25.0. The van der Waals surface area contributed by atoms with Gasteiger partial charge in [-0.2, -0.15) is 4.39 Å². The summed E-state index contributed by atoms with van der Waals surface area (Å²) in [6.07, 6.45) is -0.635. The first kappa shape index (κ1) is 15.2. The van der Waals surface area contributed by atoms with Gasteiger partial charge in [-0.05, 0) is 12.1 Å². The van der Waals surface area contributed by atoms with Gasteiger partial charge in [0.1, 0.15) is 6.10 Å². The lowest BCUT2D eigenvalue weighted by atomic mass is 10.2. The van der Waals surface area contributed by atoms with E-state index in [1.54, 1.807) is 30.3 Å². The van der Waals surface area contributed by atoms with E-state index in [4.69, 9.17) is 9.47 Å². The molecule has 0 saturated carbocycles. The molecule has 0 unspecified atom stereocenters. The summed E-state index contributed by atoms with van der Waals surface area (Å²) in [6.45, 7) is 0.241. The molecule has 0 spiro atoms. The Morgan fingerprint density at radius 2 is 2.04 bits per heavy atom. The summed E-state index contributed by atoms with van der Waals surface area (Å²) in [4.78, 5) is 36.8. The molecule has 2 aromatic rings. The van der Waals surface area contributed by atoms with E-state index in [9.17, 15) is 18.8 Å². The molecule has 2 heterocycles. The zero-order valence-corrected chi connectivity index (χ0v) is 11.9. The molecule has 23 heavy (non-hydrogen) atoms. The van der Waals surface area contributed by atoms with Crippen LogP contribution in [0, 0.1) is 5.82 Å². The van der Waals surface area contributed by atoms with Gasteiger partial charge in [0.05, 0.1) is 18.4 Å². The molecular formula is C15H13FN2O5.